The monoisotopic (exact) mass is 348 g/mol. The lowest BCUT2D eigenvalue weighted by Gasteiger charge is -2.31. The molecule has 0 radical (unpaired) electrons. The van der Waals surface area contributed by atoms with Gasteiger partial charge in [0.05, 0.1) is 5.54 Å². The lowest BCUT2D eigenvalue weighted by Crippen LogP contribution is -2.46. The number of carbonyl (C=O) groups excluding carboxylic acids is 1. The topological polar surface area (TPSA) is 68.9 Å². The molecule has 6 heteroatoms. The van der Waals surface area contributed by atoms with Crippen molar-refractivity contribution in [2.45, 2.75) is 25.6 Å². The average molecular weight is 348 g/mol. The van der Waals surface area contributed by atoms with Crippen LogP contribution in [-0.4, -0.2) is 35.5 Å². The van der Waals surface area contributed by atoms with Gasteiger partial charge in [-0.3, -0.25) is 4.90 Å². The molecule has 0 N–H and O–H groups in total. The Labute approximate surface area is 152 Å². The molecule has 3 rings (SSSR count). The van der Waals surface area contributed by atoms with E-state index in [1.165, 1.54) is 0 Å². The van der Waals surface area contributed by atoms with E-state index in [-0.39, 0.29) is 11.7 Å². The van der Waals surface area contributed by atoms with Crippen LogP contribution in [0.15, 0.2) is 65.8 Å². The third-order valence-electron chi connectivity index (χ3n) is 4.63. The summed E-state index contributed by atoms with van der Waals surface area (Å²) in [6.07, 6.45) is -0.672. The first-order valence-electron chi connectivity index (χ1n) is 8.28. The van der Waals surface area contributed by atoms with Gasteiger partial charge in [0.2, 0.25) is 6.23 Å². The zero-order valence-electron chi connectivity index (χ0n) is 15.0. The Morgan fingerprint density at radius 2 is 1.69 bits per heavy atom. The summed E-state index contributed by atoms with van der Waals surface area (Å²) in [4.78, 5) is 21.7. The molecule has 0 bridgehead atoms. The first kappa shape index (κ1) is 17.5. The summed E-state index contributed by atoms with van der Waals surface area (Å²) < 4.78 is 0. The third-order valence-corrected chi connectivity index (χ3v) is 4.63. The number of hydrogen-bond donors (Lipinski definition) is 0. The molecule has 1 aliphatic rings. The summed E-state index contributed by atoms with van der Waals surface area (Å²) in [6, 6.07) is 20.3. The van der Waals surface area contributed by atoms with Crippen molar-refractivity contribution in [2.24, 2.45) is 5.16 Å². The van der Waals surface area contributed by atoms with Crippen molar-refractivity contribution in [1.29, 1.82) is 5.26 Å². The van der Waals surface area contributed by atoms with Crippen molar-refractivity contribution in [2.75, 3.05) is 11.9 Å². The highest BCUT2D eigenvalue weighted by atomic mass is 16.7. The highest BCUT2D eigenvalue weighted by Crippen LogP contribution is 2.35. The van der Waals surface area contributed by atoms with Gasteiger partial charge in [0.15, 0.2) is 5.71 Å². The number of carbonyl (C=O) groups is 1. The molecule has 0 spiro atoms. The Balaban J connectivity index is 1.96. The molecule has 1 saturated heterocycles. The first-order valence-corrected chi connectivity index (χ1v) is 8.28. The molecular formula is C20H20N4O2. The van der Waals surface area contributed by atoms with E-state index < -0.39 is 11.8 Å². The number of nitriles is 1. The quantitative estimate of drug-likeness (QED) is 0.626. The largest absolute Gasteiger partial charge is 0.366 e. The zero-order valence-corrected chi connectivity index (χ0v) is 15.0. The number of amides is 2. The second-order valence-electron chi connectivity index (χ2n) is 6.58. The molecule has 132 valence electrons. The van der Waals surface area contributed by atoms with Crippen molar-refractivity contribution >= 4 is 17.4 Å². The van der Waals surface area contributed by atoms with Crippen molar-refractivity contribution in [3.05, 3.63) is 66.2 Å². The molecule has 1 atom stereocenters. The van der Waals surface area contributed by atoms with Gasteiger partial charge in [0.1, 0.15) is 6.07 Å². The summed E-state index contributed by atoms with van der Waals surface area (Å²) >= 11 is 0. The second kappa shape index (κ2) is 6.89. The smallest absolute Gasteiger partial charge is 0.327 e. The van der Waals surface area contributed by atoms with Crippen LogP contribution in [0.5, 0.6) is 0 Å². The predicted molar refractivity (Wildman–Crippen MR) is 99.6 cm³/mol. The van der Waals surface area contributed by atoms with Gasteiger partial charge in [-0.15, -0.1) is 0 Å². The SMILES string of the molecule is CN1C(=O)N(c2ccccc2)C(ON=C(C#N)c2ccccc2)C1(C)C. The summed E-state index contributed by atoms with van der Waals surface area (Å²) in [5.74, 6) is 0. The fraction of sp³-hybridized carbons (Fsp3) is 0.250. The van der Waals surface area contributed by atoms with Crippen LogP contribution in [0, 0.1) is 11.3 Å². The second-order valence-corrected chi connectivity index (χ2v) is 6.58. The van der Waals surface area contributed by atoms with Gasteiger partial charge in [-0.2, -0.15) is 5.26 Å². The number of rotatable bonds is 4. The van der Waals surface area contributed by atoms with E-state index in [2.05, 4.69) is 11.2 Å². The molecule has 1 heterocycles. The van der Waals surface area contributed by atoms with Gasteiger partial charge in [-0.1, -0.05) is 53.7 Å². The Morgan fingerprint density at radius 3 is 2.27 bits per heavy atom. The molecule has 26 heavy (non-hydrogen) atoms. The number of likely N-dealkylation sites (N-methyl/N-ethyl adjacent to an activating group) is 1. The number of anilines is 1. The summed E-state index contributed by atoms with van der Waals surface area (Å²) in [6.45, 7) is 3.81. The van der Waals surface area contributed by atoms with E-state index in [4.69, 9.17) is 4.84 Å². The van der Waals surface area contributed by atoms with Gasteiger partial charge in [0.25, 0.3) is 0 Å². The maximum absolute atomic E-state index is 12.8. The molecule has 1 aliphatic heterocycles. The standard InChI is InChI=1S/C20H20N4O2/c1-20(2)18(26-22-17(14-21)15-10-6-4-7-11-15)24(19(25)23(20)3)16-12-8-5-9-13-16/h4-13,18H,1-3H3. The summed E-state index contributed by atoms with van der Waals surface area (Å²) in [5.41, 5.74) is 0.912. The van der Waals surface area contributed by atoms with Crippen LogP contribution in [0.25, 0.3) is 0 Å². The van der Waals surface area contributed by atoms with E-state index in [9.17, 15) is 10.1 Å². The lowest BCUT2D eigenvalue weighted by molar-refractivity contribution is 0.000881. The minimum Gasteiger partial charge on any atom is -0.366 e. The number of oxime groups is 1. The minimum absolute atomic E-state index is 0.163. The predicted octanol–water partition coefficient (Wildman–Crippen LogP) is 3.61. The molecule has 2 aromatic carbocycles. The van der Waals surface area contributed by atoms with Gasteiger partial charge >= 0.3 is 6.03 Å². The number of urea groups is 1. The van der Waals surface area contributed by atoms with Gasteiger partial charge in [-0.05, 0) is 26.0 Å². The lowest BCUT2D eigenvalue weighted by atomic mass is 10.0. The fourth-order valence-corrected chi connectivity index (χ4v) is 2.84. The van der Waals surface area contributed by atoms with E-state index >= 15 is 0 Å². The van der Waals surface area contributed by atoms with E-state index in [1.807, 2.05) is 62.4 Å². The number of para-hydroxylation sites is 1. The van der Waals surface area contributed by atoms with E-state index in [0.29, 0.717) is 11.3 Å². The van der Waals surface area contributed by atoms with Crippen LogP contribution in [0.4, 0.5) is 10.5 Å². The fourth-order valence-electron chi connectivity index (χ4n) is 2.84. The molecule has 1 fully saturated rings. The number of hydrogen-bond acceptors (Lipinski definition) is 4. The van der Waals surface area contributed by atoms with Crippen LogP contribution in [0.1, 0.15) is 19.4 Å². The Bertz CT molecular complexity index is 856. The first-order chi connectivity index (χ1) is 12.5. The normalized spacial score (nSPS) is 19.4. The highest BCUT2D eigenvalue weighted by molar-refractivity contribution is 6.11. The van der Waals surface area contributed by atoms with Gasteiger partial charge in [0, 0.05) is 18.3 Å². The third kappa shape index (κ3) is 3.00. The van der Waals surface area contributed by atoms with E-state index in [1.54, 1.807) is 29.0 Å². The summed E-state index contributed by atoms with van der Waals surface area (Å²) in [5, 5.41) is 13.5. The van der Waals surface area contributed by atoms with Crippen molar-refractivity contribution < 1.29 is 9.63 Å². The molecule has 0 saturated carbocycles. The highest BCUT2D eigenvalue weighted by Gasteiger charge is 2.52. The Morgan fingerprint density at radius 1 is 1.12 bits per heavy atom. The molecule has 0 aliphatic carbocycles. The molecule has 6 nitrogen and oxygen atoms in total. The summed E-state index contributed by atoms with van der Waals surface area (Å²) in [7, 11) is 1.73. The molecule has 1 unspecified atom stereocenters. The van der Waals surface area contributed by atoms with E-state index in [0.717, 1.165) is 0 Å². The Hall–Kier alpha value is -3.33. The van der Waals surface area contributed by atoms with Gasteiger partial charge in [-0.25, -0.2) is 4.79 Å². The molecule has 2 amide bonds. The Kier molecular flexibility index (Phi) is 4.63. The molecule has 2 aromatic rings. The number of benzene rings is 2. The van der Waals surface area contributed by atoms with Crippen LogP contribution in [0.2, 0.25) is 0 Å². The van der Waals surface area contributed by atoms with Crippen molar-refractivity contribution in [3.63, 3.8) is 0 Å². The van der Waals surface area contributed by atoms with Crippen molar-refractivity contribution in [1.82, 2.24) is 4.90 Å². The maximum atomic E-state index is 12.8. The van der Waals surface area contributed by atoms with Crippen molar-refractivity contribution in [3.8, 4) is 6.07 Å². The van der Waals surface area contributed by atoms with Gasteiger partial charge < -0.3 is 9.74 Å². The van der Waals surface area contributed by atoms with Crippen LogP contribution < -0.4 is 4.90 Å². The average Bonchev–Trinajstić information content (AvgIpc) is 2.84. The minimum atomic E-state index is -0.672. The molecular weight excluding hydrogens is 328 g/mol. The zero-order chi connectivity index (χ0) is 18.7. The van der Waals surface area contributed by atoms with Crippen LogP contribution in [-0.2, 0) is 4.84 Å². The number of nitrogens with zero attached hydrogens (tertiary/aromatic N) is 4. The van der Waals surface area contributed by atoms with Crippen LogP contribution in [0.3, 0.4) is 0 Å². The molecule has 0 aromatic heterocycles. The maximum Gasteiger partial charge on any atom is 0.327 e. The van der Waals surface area contributed by atoms with Crippen LogP contribution >= 0.6 is 0 Å².